The third kappa shape index (κ3) is 6.54. The largest absolute Gasteiger partial charge is 0.437 e. The molecule has 9 nitrogen and oxygen atoms in total. The van der Waals surface area contributed by atoms with E-state index in [1.54, 1.807) is 18.2 Å². The lowest BCUT2D eigenvalue weighted by Crippen LogP contribution is -2.40. The quantitative estimate of drug-likeness (QED) is 0.261. The molecule has 5 rings (SSSR count). The Balaban J connectivity index is 1.38. The van der Waals surface area contributed by atoms with E-state index in [9.17, 15) is 14.4 Å². The van der Waals surface area contributed by atoms with Gasteiger partial charge in [-0.05, 0) is 69.1 Å². The number of amides is 2. The maximum atomic E-state index is 13.3. The highest BCUT2D eigenvalue weighted by Crippen LogP contribution is 2.33. The standard InChI is InChI=1S/C32H33N5O4S/c1-4-19-41-31(40)37-30-25(20-26(42-30)29(39)34-32(2,3)24-11-7-5-8-12-24)27(35-37)33-28(38)23-15-13-22(14-16-23)21-36-17-9-6-10-18-36/h1,5,7-8,11-16,20H,6,9-10,17-19,21H2,2-3H3,(H,34,39)(H,33,35,38). The van der Waals surface area contributed by atoms with E-state index in [4.69, 9.17) is 11.2 Å². The van der Waals surface area contributed by atoms with Crippen molar-refractivity contribution >= 4 is 45.3 Å². The van der Waals surface area contributed by atoms with Crippen LogP contribution in [0, 0.1) is 12.3 Å². The molecule has 3 heterocycles. The Hall–Kier alpha value is -4.46. The number of nitrogens with one attached hydrogen (secondary N) is 2. The Labute approximate surface area is 248 Å². The summed E-state index contributed by atoms with van der Waals surface area (Å²) in [4.78, 5) is 42.4. The van der Waals surface area contributed by atoms with Crippen molar-refractivity contribution in [3.63, 3.8) is 0 Å². The lowest BCUT2D eigenvalue weighted by atomic mass is 9.94. The summed E-state index contributed by atoms with van der Waals surface area (Å²) < 4.78 is 6.11. The number of terminal acetylenes is 1. The van der Waals surface area contributed by atoms with Crippen LogP contribution in [0.3, 0.4) is 0 Å². The van der Waals surface area contributed by atoms with Crippen LogP contribution in [0.25, 0.3) is 10.2 Å². The summed E-state index contributed by atoms with van der Waals surface area (Å²) in [5, 5.41) is 10.6. The number of carbonyl (C=O) groups excluding carboxylic acids is 3. The van der Waals surface area contributed by atoms with Gasteiger partial charge in [0.1, 0.15) is 4.83 Å². The van der Waals surface area contributed by atoms with E-state index in [-0.39, 0.29) is 24.2 Å². The number of likely N-dealkylation sites (tertiary alicyclic amines) is 1. The van der Waals surface area contributed by atoms with Gasteiger partial charge >= 0.3 is 6.09 Å². The number of piperidine rings is 1. The molecule has 2 N–H and O–H groups in total. The van der Waals surface area contributed by atoms with Gasteiger partial charge in [0, 0.05) is 12.1 Å². The molecule has 0 aliphatic carbocycles. The van der Waals surface area contributed by atoms with Crippen molar-refractivity contribution in [3.05, 3.63) is 82.2 Å². The van der Waals surface area contributed by atoms with Crippen LogP contribution in [-0.4, -0.2) is 52.3 Å². The van der Waals surface area contributed by atoms with Crippen LogP contribution in [0.4, 0.5) is 10.6 Å². The zero-order chi connectivity index (χ0) is 29.7. The molecule has 216 valence electrons. The van der Waals surface area contributed by atoms with Crippen molar-refractivity contribution in [2.45, 2.75) is 45.2 Å². The van der Waals surface area contributed by atoms with Crippen LogP contribution in [0.15, 0.2) is 60.7 Å². The Bertz CT molecular complexity index is 1630. The molecule has 0 saturated carbocycles. The van der Waals surface area contributed by atoms with Gasteiger partial charge in [0.2, 0.25) is 0 Å². The Morgan fingerprint density at radius 3 is 2.43 bits per heavy atom. The van der Waals surface area contributed by atoms with Crippen LogP contribution >= 0.6 is 11.3 Å². The minimum absolute atomic E-state index is 0.141. The van der Waals surface area contributed by atoms with Gasteiger partial charge in [-0.25, -0.2) is 4.79 Å². The van der Waals surface area contributed by atoms with Gasteiger partial charge in [-0.1, -0.05) is 54.8 Å². The fraction of sp³-hybridized carbons (Fsp3) is 0.312. The topological polar surface area (TPSA) is 106 Å². The third-order valence-electron chi connectivity index (χ3n) is 7.26. The number of rotatable bonds is 8. The first-order valence-electron chi connectivity index (χ1n) is 13.9. The Morgan fingerprint density at radius 2 is 1.74 bits per heavy atom. The van der Waals surface area contributed by atoms with E-state index in [0.29, 0.717) is 20.7 Å². The second-order valence-corrected chi connectivity index (χ2v) is 11.8. The van der Waals surface area contributed by atoms with Crippen molar-refractivity contribution in [1.82, 2.24) is 20.0 Å². The summed E-state index contributed by atoms with van der Waals surface area (Å²) in [7, 11) is 0. The molecule has 42 heavy (non-hydrogen) atoms. The molecule has 2 aromatic carbocycles. The second-order valence-electron chi connectivity index (χ2n) is 10.8. The molecule has 1 aliphatic heterocycles. The molecule has 0 unspecified atom stereocenters. The molecule has 10 heteroatoms. The molecule has 0 radical (unpaired) electrons. The van der Waals surface area contributed by atoms with Gasteiger partial charge in [-0.3, -0.25) is 14.5 Å². The van der Waals surface area contributed by atoms with E-state index in [1.165, 1.54) is 19.3 Å². The lowest BCUT2D eigenvalue weighted by Gasteiger charge is -2.26. The van der Waals surface area contributed by atoms with E-state index < -0.39 is 11.6 Å². The maximum Gasteiger partial charge on any atom is 0.437 e. The smallest absolute Gasteiger partial charge is 0.435 e. The first-order valence-corrected chi connectivity index (χ1v) is 14.7. The predicted molar refractivity (Wildman–Crippen MR) is 164 cm³/mol. The average Bonchev–Trinajstić information content (AvgIpc) is 3.58. The molecule has 0 spiro atoms. The van der Waals surface area contributed by atoms with Crippen molar-refractivity contribution in [3.8, 4) is 12.3 Å². The van der Waals surface area contributed by atoms with Gasteiger partial charge in [-0.15, -0.1) is 22.9 Å². The number of hydrogen-bond donors (Lipinski definition) is 2. The monoisotopic (exact) mass is 583 g/mol. The fourth-order valence-electron chi connectivity index (χ4n) is 4.99. The van der Waals surface area contributed by atoms with Crippen LogP contribution in [0.1, 0.15) is 64.3 Å². The van der Waals surface area contributed by atoms with Crippen LogP contribution < -0.4 is 10.6 Å². The number of ether oxygens (including phenoxy) is 1. The molecular weight excluding hydrogens is 550 g/mol. The maximum absolute atomic E-state index is 13.3. The number of hydrogen-bond acceptors (Lipinski definition) is 7. The highest BCUT2D eigenvalue weighted by Gasteiger charge is 2.27. The Morgan fingerprint density at radius 1 is 1.02 bits per heavy atom. The molecule has 2 aromatic heterocycles. The number of fused-ring (bicyclic) bond motifs is 1. The zero-order valence-electron chi connectivity index (χ0n) is 23.7. The third-order valence-corrected chi connectivity index (χ3v) is 8.37. The molecule has 2 amide bonds. The molecular formula is C32H33N5O4S. The fourth-order valence-corrected chi connectivity index (χ4v) is 5.99. The summed E-state index contributed by atoms with van der Waals surface area (Å²) in [6.07, 6.45) is 8.16. The van der Waals surface area contributed by atoms with Crippen molar-refractivity contribution < 1.29 is 19.1 Å². The van der Waals surface area contributed by atoms with Crippen molar-refractivity contribution in [2.24, 2.45) is 0 Å². The molecule has 1 saturated heterocycles. The summed E-state index contributed by atoms with van der Waals surface area (Å²) in [5.41, 5.74) is 1.89. The summed E-state index contributed by atoms with van der Waals surface area (Å²) in [6, 6.07) is 18.7. The zero-order valence-corrected chi connectivity index (χ0v) is 24.5. The molecule has 4 aromatic rings. The van der Waals surface area contributed by atoms with Crippen LogP contribution in [-0.2, 0) is 16.8 Å². The van der Waals surface area contributed by atoms with E-state index in [1.807, 2.05) is 56.3 Å². The number of nitrogens with zero attached hydrogens (tertiary/aromatic N) is 3. The van der Waals surface area contributed by atoms with E-state index in [0.717, 1.165) is 46.8 Å². The first kappa shape index (κ1) is 29.0. The van der Waals surface area contributed by atoms with Crippen molar-refractivity contribution in [2.75, 3.05) is 25.0 Å². The summed E-state index contributed by atoms with van der Waals surface area (Å²) >= 11 is 1.07. The van der Waals surface area contributed by atoms with Crippen LogP contribution in [0.2, 0.25) is 0 Å². The van der Waals surface area contributed by atoms with Gasteiger partial charge in [0.05, 0.1) is 15.8 Å². The second kappa shape index (κ2) is 12.6. The molecule has 1 aliphatic rings. The molecule has 0 atom stereocenters. The Kier molecular flexibility index (Phi) is 8.71. The molecule has 0 bridgehead atoms. The first-order chi connectivity index (χ1) is 20.2. The number of aromatic nitrogens is 2. The van der Waals surface area contributed by atoms with Gasteiger partial charge in [0.15, 0.2) is 12.4 Å². The summed E-state index contributed by atoms with van der Waals surface area (Å²) in [5.74, 6) is 1.69. The summed E-state index contributed by atoms with van der Waals surface area (Å²) in [6.45, 7) is 6.62. The van der Waals surface area contributed by atoms with Gasteiger partial charge < -0.3 is 15.4 Å². The number of thiophene rings is 1. The SMILES string of the molecule is C#CCOC(=O)n1nc(NC(=O)c2ccc(CN3CCCCC3)cc2)c2cc(C(=O)NC(C)(C)c3ccccc3)sc21. The van der Waals surface area contributed by atoms with E-state index >= 15 is 0 Å². The lowest BCUT2D eigenvalue weighted by molar-refractivity contribution is 0.0915. The highest BCUT2D eigenvalue weighted by atomic mass is 32.1. The normalized spacial score (nSPS) is 13.8. The number of anilines is 1. The van der Waals surface area contributed by atoms with Gasteiger partial charge in [-0.2, -0.15) is 4.68 Å². The predicted octanol–water partition coefficient (Wildman–Crippen LogP) is 5.62. The van der Waals surface area contributed by atoms with Crippen molar-refractivity contribution in [1.29, 1.82) is 0 Å². The average molecular weight is 584 g/mol. The van der Waals surface area contributed by atoms with E-state index in [2.05, 4.69) is 26.6 Å². The van der Waals surface area contributed by atoms with Crippen LogP contribution in [0.5, 0.6) is 0 Å². The number of carbonyl (C=O) groups is 3. The molecule has 1 fully saturated rings. The van der Waals surface area contributed by atoms with Gasteiger partial charge in [0.25, 0.3) is 11.8 Å². The number of benzene rings is 2. The highest BCUT2D eigenvalue weighted by molar-refractivity contribution is 7.20. The minimum atomic E-state index is -0.807. The minimum Gasteiger partial charge on any atom is -0.435 e.